The number of amides is 1. The van der Waals surface area contributed by atoms with E-state index in [0.717, 1.165) is 0 Å². The molecule has 164 valence electrons. The van der Waals surface area contributed by atoms with Crippen LogP contribution < -0.4 is 14.4 Å². The van der Waals surface area contributed by atoms with Crippen molar-refractivity contribution < 1.29 is 28.6 Å². The Balaban J connectivity index is 1.97. The minimum atomic E-state index is -0.985. The van der Waals surface area contributed by atoms with Crippen molar-refractivity contribution in [2.45, 2.75) is 13.0 Å². The van der Waals surface area contributed by atoms with Gasteiger partial charge in [0.05, 0.1) is 25.4 Å². The van der Waals surface area contributed by atoms with Crippen LogP contribution in [0, 0.1) is 6.92 Å². The van der Waals surface area contributed by atoms with Gasteiger partial charge >= 0.3 is 0 Å². The van der Waals surface area contributed by atoms with Crippen molar-refractivity contribution in [3.63, 3.8) is 0 Å². The van der Waals surface area contributed by atoms with Crippen LogP contribution in [-0.2, 0) is 9.59 Å². The van der Waals surface area contributed by atoms with E-state index in [1.807, 2.05) is 0 Å². The van der Waals surface area contributed by atoms with Gasteiger partial charge in [0.15, 0.2) is 0 Å². The molecule has 1 N–H and O–H groups in total. The first-order valence-electron chi connectivity index (χ1n) is 9.71. The van der Waals surface area contributed by atoms with Crippen molar-refractivity contribution in [2.75, 3.05) is 19.1 Å². The van der Waals surface area contributed by atoms with Crippen LogP contribution in [0.2, 0.25) is 5.02 Å². The monoisotopic (exact) mass is 453 g/mol. The zero-order valence-electron chi connectivity index (χ0n) is 17.6. The maximum atomic E-state index is 13.2. The average molecular weight is 454 g/mol. The number of aliphatic hydroxyl groups is 1. The molecule has 0 bridgehead atoms. The predicted molar refractivity (Wildman–Crippen MR) is 119 cm³/mol. The molecule has 3 aromatic rings. The summed E-state index contributed by atoms with van der Waals surface area (Å²) in [4.78, 5) is 27.6. The second kappa shape index (κ2) is 8.43. The number of anilines is 1. The highest BCUT2D eigenvalue weighted by atomic mass is 35.5. The lowest BCUT2D eigenvalue weighted by Crippen LogP contribution is -2.29. The molecule has 1 aromatic heterocycles. The predicted octanol–water partition coefficient (Wildman–Crippen LogP) is 4.88. The van der Waals surface area contributed by atoms with E-state index in [4.69, 9.17) is 25.5 Å². The number of rotatable bonds is 5. The minimum Gasteiger partial charge on any atom is -0.507 e. The Morgan fingerprint density at radius 1 is 1.03 bits per heavy atom. The number of ketones is 1. The van der Waals surface area contributed by atoms with Crippen molar-refractivity contribution in [1.82, 2.24) is 0 Å². The molecule has 0 radical (unpaired) electrons. The van der Waals surface area contributed by atoms with Crippen LogP contribution in [0.4, 0.5) is 5.69 Å². The zero-order chi connectivity index (χ0) is 23.0. The van der Waals surface area contributed by atoms with Gasteiger partial charge in [0, 0.05) is 10.7 Å². The topological polar surface area (TPSA) is 89.2 Å². The fraction of sp³-hybridized carbons (Fsp3) is 0.167. The molecule has 0 aliphatic carbocycles. The zero-order valence-corrected chi connectivity index (χ0v) is 18.3. The lowest BCUT2D eigenvalue weighted by atomic mass is 9.98. The maximum Gasteiger partial charge on any atom is 0.300 e. The summed E-state index contributed by atoms with van der Waals surface area (Å²) in [6.45, 7) is 1.75. The van der Waals surface area contributed by atoms with E-state index in [-0.39, 0.29) is 11.1 Å². The van der Waals surface area contributed by atoms with Gasteiger partial charge in [-0.15, -0.1) is 0 Å². The third kappa shape index (κ3) is 3.61. The Kier molecular flexibility index (Phi) is 5.67. The maximum absolute atomic E-state index is 13.2. The van der Waals surface area contributed by atoms with Gasteiger partial charge in [0.1, 0.15) is 34.8 Å². The van der Waals surface area contributed by atoms with Crippen LogP contribution in [0.15, 0.2) is 64.6 Å². The number of carbonyl (C=O) groups is 2. The SMILES string of the molecule is COc1ccc(OC)c(/C(O)=C2\C(=O)C(=O)N(c3ccc(Cl)cc3)C2c2ccc(C)o2)c1. The first kappa shape index (κ1) is 21.5. The summed E-state index contributed by atoms with van der Waals surface area (Å²) in [6.07, 6.45) is 0. The summed E-state index contributed by atoms with van der Waals surface area (Å²) in [6, 6.07) is 13.7. The van der Waals surface area contributed by atoms with Crippen molar-refractivity contribution in [3.05, 3.63) is 82.3 Å². The number of carbonyl (C=O) groups excluding carboxylic acids is 2. The first-order valence-corrected chi connectivity index (χ1v) is 10.1. The third-order valence-corrected chi connectivity index (χ3v) is 5.49. The molecule has 32 heavy (non-hydrogen) atoms. The van der Waals surface area contributed by atoms with Gasteiger partial charge in [-0.25, -0.2) is 0 Å². The molecular weight excluding hydrogens is 434 g/mol. The Hall–Kier alpha value is -3.71. The Morgan fingerprint density at radius 2 is 1.75 bits per heavy atom. The van der Waals surface area contributed by atoms with Crippen molar-refractivity contribution >= 4 is 34.7 Å². The van der Waals surface area contributed by atoms with Gasteiger partial charge in [0.25, 0.3) is 11.7 Å². The molecule has 2 heterocycles. The molecule has 2 aromatic carbocycles. The van der Waals surface area contributed by atoms with Crippen molar-refractivity contribution in [2.24, 2.45) is 0 Å². The molecule has 0 saturated carbocycles. The molecule has 7 nitrogen and oxygen atoms in total. The number of hydrogen-bond acceptors (Lipinski definition) is 6. The molecule has 1 unspecified atom stereocenters. The van der Waals surface area contributed by atoms with E-state index >= 15 is 0 Å². The number of methoxy groups -OCH3 is 2. The van der Waals surface area contributed by atoms with E-state index in [9.17, 15) is 14.7 Å². The van der Waals surface area contributed by atoms with Crippen LogP contribution in [0.5, 0.6) is 11.5 Å². The van der Waals surface area contributed by atoms with Crippen LogP contribution in [0.1, 0.15) is 23.1 Å². The minimum absolute atomic E-state index is 0.120. The van der Waals surface area contributed by atoms with Gasteiger partial charge in [-0.3, -0.25) is 14.5 Å². The van der Waals surface area contributed by atoms with E-state index < -0.39 is 23.5 Å². The van der Waals surface area contributed by atoms with Crippen LogP contribution >= 0.6 is 11.6 Å². The van der Waals surface area contributed by atoms with E-state index in [1.54, 1.807) is 55.5 Å². The van der Waals surface area contributed by atoms with Crippen LogP contribution in [-0.4, -0.2) is 31.0 Å². The molecule has 1 aliphatic rings. The normalized spacial score (nSPS) is 17.6. The Labute approximate surface area is 189 Å². The standard InChI is InChI=1S/C24H20ClNO6/c1-13-4-10-19(32-13)21-20(22(27)17-12-16(30-2)9-11-18(17)31-3)23(28)24(29)26(21)15-7-5-14(25)6-8-15/h4-12,21,27H,1-3H3/b22-20+. The summed E-state index contributed by atoms with van der Waals surface area (Å²) in [7, 11) is 2.93. The molecule has 1 fully saturated rings. The molecule has 1 saturated heterocycles. The van der Waals surface area contributed by atoms with Gasteiger partial charge < -0.3 is 19.0 Å². The number of halogens is 1. The summed E-state index contributed by atoms with van der Waals surface area (Å²) < 4.78 is 16.4. The summed E-state index contributed by atoms with van der Waals surface area (Å²) in [5.41, 5.74) is 0.535. The molecule has 8 heteroatoms. The number of Topliss-reactive ketones (excluding diaryl/α,β-unsaturated/α-hetero) is 1. The smallest absolute Gasteiger partial charge is 0.300 e. The lowest BCUT2D eigenvalue weighted by molar-refractivity contribution is -0.132. The van der Waals surface area contributed by atoms with Gasteiger partial charge in [0.2, 0.25) is 0 Å². The number of ether oxygens (including phenoxy) is 2. The second-order valence-electron chi connectivity index (χ2n) is 7.16. The Morgan fingerprint density at radius 3 is 2.34 bits per heavy atom. The fourth-order valence-electron chi connectivity index (χ4n) is 3.71. The van der Waals surface area contributed by atoms with Crippen LogP contribution in [0.25, 0.3) is 5.76 Å². The summed E-state index contributed by atoms with van der Waals surface area (Å²) in [5.74, 6) is -0.341. The molecule has 4 rings (SSSR count). The first-order chi connectivity index (χ1) is 15.3. The average Bonchev–Trinajstić information content (AvgIpc) is 3.34. The van der Waals surface area contributed by atoms with E-state index in [0.29, 0.717) is 33.7 Å². The summed E-state index contributed by atoms with van der Waals surface area (Å²) in [5, 5.41) is 11.8. The fourth-order valence-corrected chi connectivity index (χ4v) is 3.84. The van der Waals surface area contributed by atoms with Crippen LogP contribution in [0.3, 0.4) is 0 Å². The largest absolute Gasteiger partial charge is 0.507 e. The van der Waals surface area contributed by atoms with Crippen molar-refractivity contribution in [1.29, 1.82) is 0 Å². The van der Waals surface area contributed by atoms with Gasteiger partial charge in [-0.05, 0) is 61.5 Å². The Bertz CT molecular complexity index is 1230. The van der Waals surface area contributed by atoms with E-state index in [1.165, 1.54) is 25.2 Å². The second-order valence-corrected chi connectivity index (χ2v) is 7.60. The molecule has 1 atom stereocenters. The number of aliphatic hydroxyl groups excluding tert-OH is 1. The highest BCUT2D eigenvalue weighted by Gasteiger charge is 2.48. The third-order valence-electron chi connectivity index (χ3n) is 5.24. The number of hydrogen-bond donors (Lipinski definition) is 1. The van der Waals surface area contributed by atoms with Crippen molar-refractivity contribution in [3.8, 4) is 11.5 Å². The highest BCUT2D eigenvalue weighted by Crippen LogP contribution is 2.44. The van der Waals surface area contributed by atoms with E-state index in [2.05, 4.69) is 0 Å². The number of benzene rings is 2. The molecule has 1 aliphatic heterocycles. The van der Waals surface area contributed by atoms with Gasteiger partial charge in [-0.1, -0.05) is 11.6 Å². The number of aryl methyl sites for hydroxylation is 1. The molecule has 1 amide bonds. The molecule has 0 spiro atoms. The number of furan rings is 1. The highest BCUT2D eigenvalue weighted by molar-refractivity contribution is 6.51. The molecular formula is C24H20ClNO6. The number of nitrogens with zero attached hydrogens (tertiary/aromatic N) is 1. The lowest BCUT2D eigenvalue weighted by Gasteiger charge is -2.23. The van der Waals surface area contributed by atoms with Gasteiger partial charge in [-0.2, -0.15) is 0 Å². The quantitative estimate of drug-likeness (QED) is 0.336. The summed E-state index contributed by atoms with van der Waals surface area (Å²) >= 11 is 6.00.